The smallest absolute Gasteiger partial charge is 0.224 e. The summed E-state index contributed by atoms with van der Waals surface area (Å²) in [4.78, 5) is 21.2. The van der Waals surface area contributed by atoms with Crippen LogP contribution in [-0.4, -0.2) is 61.6 Å². The van der Waals surface area contributed by atoms with Crippen LogP contribution >= 0.6 is 12.2 Å². The molecule has 1 amide bonds. The fourth-order valence-corrected chi connectivity index (χ4v) is 3.94. The minimum atomic E-state index is 0.163. The molecule has 1 aromatic carbocycles. The van der Waals surface area contributed by atoms with E-state index in [9.17, 15) is 4.79 Å². The van der Waals surface area contributed by atoms with Crippen molar-refractivity contribution >= 4 is 18.1 Å². The Labute approximate surface area is 181 Å². The fraction of sp³-hybridized carbons (Fsp3) is 0.364. The number of aromatic nitrogens is 4. The monoisotopic (exact) mass is 422 g/mol. The van der Waals surface area contributed by atoms with Crippen molar-refractivity contribution in [3.63, 3.8) is 0 Å². The molecule has 3 aromatic rings. The third kappa shape index (κ3) is 4.83. The van der Waals surface area contributed by atoms with E-state index in [1.54, 1.807) is 0 Å². The molecule has 1 aliphatic rings. The Balaban J connectivity index is 1.32. The largest absolute Gasteiger partial charge is 0.340 e. The maximum absolute atomic E-state index is 12.8. The molecule has 1 saturated heterocycles. The van der Waals surface area contributed by atoms with Crippen LogP contribution in [0.15, 0.2) is 48.8 Å². The molecule has 0 atom stereocenters. The van der Waals surface area contributed by atoms with Gasteiger partial charge in [0.1, 0.15) is 0 Å². The molecule has 0 bridgehead atoms. The highest BCUT2D eigenvalue weighted by Crippen LogP contribution is 2.18. The van der Waals surface area contributed by atoms with Gasteiger partial charge < -0.3 is 4.90 Å². The molecule has 156 valence electrons. The number of H-pyrrole nitrogens is 1. The van der Waals surface area contributed by atoms with Crippen LogP contribution in [0.5, 0.6) is 0 Å². The molecule has 0 spiro atoms. The summed E-state index contributed by atoms with van der Waals surface area (Å²) in [6.07, 6.45) is 4.05. The van der Waals surface area contributed by atoms with E-state index in [0.29, 0.717) is 17.7 Å². The summed E-state index contributed by atoms with van der Waals surface area (Å²) < 4.78 is 2.46. The lowest BCUT2D eigenvalue weighted by atomic mass is 10.1. The molecule has 1 N–H and O–H groups in total. The topological polar surface area (TPSA) is 70.1 Å². The van der Waals surface area contributed by atoms with Crippen molar-refractivity contribution in [1.82, 2.24) is 29.5 Å². The first-order valence-electron chi connectivity index (χ1n) is 10.2. The number of aryl methyl sites for hydroxylation is 1. The van der Waals surface area contributed by atoms with E-state index in [4.69, 9.17) is 12.2 Å². The highest BCUT2D eigenvalue weighted by Gasteiger charge is 2.21. The molecule has 0 saturated carbocycles. The first kappa shape index (κ1) is 20.4. The summed E-state index contributed by atoms with van der Waals surface area (Å²) in [5, 5.41) is 7.23. The number of nitrogens with zero attached hydrogens (tertiary/aromatic N) is 5. The Bertz CT molecular complexity index is 1040. The SMILES string of the molecule is Cc1ccc(-c2n[nH]c(=S)n2CCC(=O)N2CCN(Cc3ccncc3)CC2)cc1. The first-order chi connectivity index (χ1) is 14.6. The Morgan fingerprint density at radius 2 is 1.77 bits per heavy atom. The number of carbonyl (C=O) groups excluding carboxylic acids is 1. The predicted molar refractivity (Wildman–Crippen MR) is 118 cm³/mol. The van der Waals surface area contributed by atoms with Crippen molar-refractivity contribution in [3.8, 4) is 11.4 Å². The van der Waals surface area contributed by atoms with Crippen LogP contribution in [0.4, 0.5) is 0 Å². The second kappa shape index (κ2) is 9.32. The summed E-state index contributed by atoms with van der Waals surface area (Å²) in [7, 11) is 0. The van der Waals surface area contributed by atoms with E-state index in [2.05, 4.69) is 27.0 Å². The molecule has 0 radical (unpaired) electrons. The zero-order chi connectivity index (χ0) is 20.9. The average Bonchev–Trinajstić information content (AvgIpc) is 3.14. The van der Waals surface area contributed by atoms with Crippen molar-refractivity contribution in [3.05, 3.63) is 64.7 Å². The van der Waals surface area contributed by atoms with Gasteiger partial charge in [-0.3, -0.25) is 24.3 Å². The molecule has 8 heteroatoms. The summed E-state index contributed by atoms with van der Waals surface area (Å²) in [5.74, 6) is 0.937. The molecule has 0 aliphatic carbocycles. The molecule has 4 rings (SSSR count). The number of hydrogen-bond acceptors (Lipinski definition) is 5. The van der Waals surface area contributed by atoms with Crippen molar-refractivity contribution in [1.29, 1.82) is 0 Å². The van der Waals surface area contributed by atoms with Gasteiger partial charge in [0.25, 0.3) is 0 Å². The zero-order valence-electron chi connectivity index (χ0n) is 17.1. The van der Waals surface area contributed by atoms with E-state index in [0.717, 1.165) is 44.1 Å². The molecule has 0 unspecified atom stereocenters. The molecule has 1 aliphatic heterocycles. The number of amides is 1. The molecule has 30 heavy (non-hydrogen) atoms. The number of benzene rings is 1. The van der Waals surface area contributed by atoms with Gasteiger partial charge in [-0.2, -0.15) is 5.10 Å². The number of carbonyl (C=O) groups is 1. The van der Waals surface area contributed by atoms with Gasteiger partial charge in [0, 0.05) is 63.6 Å². The van der Waals surface area contributed by atoms with Gasteiger partial charge in [0.05, 0.1) is 0 Å². The van der Waals surface area contributed by atoms with Crippen molar-refractivity contribution < 1.29 is 4.79 Å². The highest BCUT2D eigenvalue weighted by molar-refractivity contribution is 7.71. The standard InChI is InChI=1S/C22H26N6OS/c1-17-2-4-19(5-3-17)21-24-25-22(30)28(21)11-8-20(29)27-14-12-26(13-15-27)16-18-6-9-23-10-7-18/h2-7,9-10H,8,11-16H2,1H3,(H,25,30). The predicted octanol–water partition coefficient (Wildman–Crippen LogP) is 3.05. The quantitative estimate of drug-likeness (QED) is 0.619. The van der Waals surface area contributed by atoms with Gasteiger partial charge >= 0.3 is 0 Å². The third-order valence-electron chi connectivity index (χ3n) is 5.50. The van der Waals surface area contributed by atoms with Crippen molar-refractivity contribution in [2.45, 2.75) is 26.4 Å². The van der Waals surface area contributed by atoms with Gasteiger partial charge in [-0.25, -0.2) is 0 Å². The van der Waals surface area contributed by atoms with E-state index < -0.39 is 0 Å². The van der Waals surface area contributed by atoms with Crippen LogP contribution in [0.25, 0.3) is 11.4 Å². The van der Waals surface area contributed by atoms with Crippen LogP contribution in [-0.2, 0) is 17.9 Å². The van der Waals surface area contributed by atoms with E-state index in [-0.39, 0.29) is 5.91 Å². The molecule has 7 nitrogen and oxygen atoms in total. The first-order valence-corrected chi connectivity index (χ1v) is 10.6. The summed E-state index contributed by atoms with van der Waals surface area (Å²) in [6.45, 7) is 6.75. The van der Waals surface area contributed by atoms with Gasteiger partial charge in [-0.1, -0.05) is 29.8 Å². The van der Waals surface area contributed by atoms with E-state index in [1.807, 2.05) is 58.3 Å². The maximum atomic E-state index is 12.8. The minimum Gasteiger partial charge on any atom is -0.340 e. The summed E-state index contributed by atoms with van der Waals surface area (Å²) >= 11 is 5.39. The Hall–Kier alpha value is -2.84. The van der Waals surface area contributed by atoms with Gasteiger partial charge in [0.2, 0.25) is 5.91 Å². The number of nitrogens with one attached hydrogen (secondary N) is 1. The van der Waals surface area contributed by atoms with Crippen LogP contribution in [0.3, 0.4) is 0 Å². The van der Waals surface area contributed by atoms with Crippen LogP contribution in [0, 0.1) is 11.7 Å². The number of rotatable bonds is 6. The minimum absolute atomic E-state index is 0.163. The summed E-state index contributed by atoms with van der Waals surface area (Å²) in [6, 6.07) is 12.2. The van der Waals surface area contributed by atoms with E-state index >= 15 is 0 Å². The molecule has 3 heterocycles. The number of piperazine rings is 1. The second-order valence-corrected chi connectivity index (χ2v) is 8.02. The Kier molecular flexibility index (Phi) is 6.35. The normalized spacial score (nSPS) is 14.8. The second-order valence-electron chi connectivity index (χ2n) is 7.63. The van der Waals surface area contributed by atoms with Gasteiger partial charge in [-0.15, -0.1) is 0 Å². The highest BCUT2D eigenvalue weighted by atomic mass is 32.1. The zero-order valence-corrected chi connectivity index (χ0v) is 17.9. The van der Waals surface area contributed by atoms with Crippen molar-refractivity contribution in [2.24, 2.45) is 0 Å². The van der Waals surface area contributed by atoms with Crippen LogP contribution in [0.1, 0.15) is 17.5 Å². The van der Waals surface area contributed by atoms with Crippen LogP contribution < -0.4 is 0 Å². The number of hydrogen-bond donors (Lipinski definition) is 1. The maximum Gasteiger partial charge on any atom is 0.224 e. The van der Waals surface area contributed by atoms with Gasteiger partial charge in [-0.05, 0) is 36.8 Å². The van der Waals surface area contributed by atoms with Crippen molar-refractivity contribution in [2.75, 3.05) is 26.2 Å². The third-order valence-corrected chi connectivity index (χ3v) is 5.81. The molecular formula is C22H26N6OS. The lowest BCUT2D eigenvalue weighted by molar-refractivity contribution is -0.133. The van der Waals surface area contributed by atoms with E-state index in [1.165, 1.54) is 11.1 Å². The van der Waals surface area contributed by atoms with Gasteiger partial charge in [0.15, 0.2) is 10.6 Å². The molecular weight excluding hydrogens is 396 g/mol. The Morgan fingerprint density at radius 3 is 2.47 bits per heavy atom. The molecule has 2 aromatic heterocycles. The van der Waals surface area contributed by atoms with Crippen LogP contribution in [0.2, 0.25) is 0 Å². The lowest BCUT2D eigenvalue weighted by Crippen LogP contribution is -2.48. The molecule has 1 fully saturated rings. The Morgan fingerprint density at radius 1 is 1.07 bits per heavy atom. The average molecular weight is 423 g/mol. The fourth-order valence-electron chi connectivity index (χ4n) is 3.72. The number of pyridine rings is 1. The lowest BCUT2D eigenvalue weighted by Gasteiger charge is -2.34. The number of aromatic amines is 1. The summed E-state index contributed by atoms with van der Waals surface area (Å²) in [5.41, 5.74) is 3.44.